The van der Waals surface area contributed by atoms with Gasteiger partial charge in [0, 0.05) is 25.3 Å². The van der Waals surface area contributed by atoms with Crippen LogP contribution in [0, 0.1) is 12.8 Å². The van der Waals surface area contributed by atoms with E-state index in [0.29, 0.717) is 12.3 Å². The van der Waals surface area contributed by atoms with Crippen LogP contribution >= 0.6 is 0 Å². The Morgan fingerprint density at radius 1 is 1.53 bits per heavy atom. The molecular formula is C15H21NO3. The van der Waals surface area contributed by atoms with Crippen LogP contribution in [0.15, 0.2) is 22.6 Å². The Labute approximate surface area is 113 Å². The van der Waals surface area contributed by atoms with Crippen molar-refractivity contribution in [3.63, 3.8) is 0 Å². The summed E-state index contributed by atoms with van der Waals surface area (Å²) < 4.78 is 5.39. The lowest BCUT2D eigenvalue weighted by molar-refractivity contribution is -0.130. The predicted octanol–water partition coefficient (Wildman–Crippen LogP) is 2.22. The Hall–Kier alpha value is -1.55. The first-order valence-corrected chi connectivity index (χ1v) is 6.76. The highest BCUT2D eigenvalue weighted by Gasteiger charge is 2.27. The van der Waals surface area contributed by atoms with E-state index in [1.807, 2.05) is 24.0 Å². The van der Waals surface area contributed by atoms with E-state index < -0.39 is 0 Å². The number of aryl methyl sites for hydroxylation is 1. The van der Waals surface area contributed by atoms with Crippen molar-refractivity contribution >= 4 is 12.0 Å². The molecule has 1 aromatic rings. The second kappa shape index (κ2) is 6.06. The molecule has 2 atom stereocenters. The van der Waals surface area contributed by atoms with Crippen LogP contribution < -0.4 is 0 Å². The molecule has 0 spiro atoms. The molecule has 2 rings (SSSR count). The minimum absolute atomic E-state index is 0.0142. The Morgan fingerprint density at radius 2 is 2.32 bits per heavy atom. The zero-order valence-electron chi connectivity index (χ0n) is 11.5. The van der Waals surface area contributed by atoms with Crippen molar-refractivity contribution in [3.05, 3.63) is 29.7 Å². The SMILES string of the molecule is Cc1ccc(/C=C/C(=O)N2CC(CO)CCC2C)o1. The number of likely N-dealkylation sites (tertiary alicyclic amines) is 1. The molecule has 1 aliphatic rings. The second-order valence-electron chi connectivity index (χ2n) is 5.25. The highest BCUT2D eigenvalue weighted by atomic mass is 16.3. The van der Waals surface area contributed by atoms with Gasteiger partial charge in [0.1, 0.15) is 11.5 Å². The summed E-state index contributed by atoms with van der Waals surface area (Å²) in [5.41, 5.74) is 0. The topological polar surface area (TPSA) is 53.7 Å². The second-order valence-corrected chi connectivity index (χ2v) is 5.25. The van der Waals surface area contributed by atoms with Gasteiger partial charge in [-0.05, 0) is 50.8 Å². The number of carbonyl (C=O) groups excluding carboxylic acids is 1. The van der Waals surface area contributed by atoms with E-state index in [1.54, 1.807) is 12.2 Å². The molecular weight excluding hydrogens is 242 g/mol. The maximum Gasteiger partial charge on any atom is 0.246 e. The fourth-order valence-electron chi connectivity index (χ4n) is 2.43. The smallest absolute Gasteiger partial charge is 0.246 e. The van der Waals surface area contributed by atoms with E-state index in [-0.39, 0.29) is 24.5 Å². The van der Waals surface area contributed by atoms with Gasteiger partial charge in [-0.2, -0.15) is 0 Å². The first kappa shape index (κ1) is 13.9. The third-order valence-electron chi connectivity index (χ3n) is 3.67. The van der Waals surface area contributed by atoms with Crippen molar-refractivity contribution in [2.45, 2.75) is 32.7 Å². The lowest BCUT2D eigenvalue weighted by Gasteiger charge is -2.36. The molecule has 0 radical (unpaired) electrons. The van der Waals surface area contributed by atoms with Crippen LogP contribution in [0.3, 0.4) is 0 Å². The molecule has 104 valence electrons. The number of hydrogen-bond donors (Lipinski definition) is 1. The molecule has 0 aliphatic carbocycles. The molecule has 4 nitrogen and oxygen atoms in total. The lowest BCUT2D eigenvalue weighted by atomic mass is 9.94. The van der Waals surface area contributed by atoms with Gasteiger partial charge in [0.25, 0.3) is 0 Å². The van der Waals surface area contributed by atoms with Gasteiger partial charge >= 0.3 is 0 Å². The largest absolute Gasteiger partial charge is 0.462 e. The summed E-state index contributed by atoms with van der Waals surface area (Å²) in [5.74, 6) is 1.71. The summed E-state index contributed by atoms with van der Waals surface area (Å²) in [4.78, 5) is 14.0. The molecule has 1 amide bonds. The van der Waals surface area contributed by atoms with Crippen molar-refractivity contribution in [2.75, 3.05) is 13.2 Å². The van der Waals surface area contributed by atoms with Crippen molar-refractivity contribution < 1.29 is 14.3 Å². The molecule has 1 fully saturated rings. The molecule has 0 saturated carbocycles. The Bertz CT molecular complexity index is 464. The van der Waals surface area contributed by atoms with Gasteiger partial charge in [-0.15, -0.1) is 0 Å². The molecule has 2 unspecified atom stereocenters. The number of aliphatic hydroxyl groups excluding tert-OH is 1. The maximum atomic E-state index is 12.2. The highest BCUT2D eigenvalue weighted by molar-refractivity contribution is 5.91. The minimum atomic E-state index is -0.0142. The van der Waals surface area contributed by atoms with Crippen molar-refractivity contribution in [1.29, 1.82) is 0 Å². The van der Waals surface area contributed by atoms with Crippen molar-refractivity contribution in [1.82, 2.24) is 4.90 Å². The van der Waals surface area contributed by atoms with Crippen LogP contribution in [0.1, 0.15) is 31.3 Å². The molecule has 1 N–H and O–H groups in total. The van der Waals surface area contributed by atoms with Gasteiger partial charge in [0.05, 0.1) is 0 Å². The van der Waals surface area contributed by atoms with Crippen molar-refractivity contribution in [2.24, 2.45) is 5.92 Å². The van der Waals surface area contributed by atoms with Crippen LogP contribution in [-0.4, -0.2) is 35.1 Å². The maximum absolute atomic E-state index is 12.2. The zero-order chi connectivity index (χ0) is 13.8. The van der Waals surface area contributed by atoms with E-state index in [2.05, 4.69) is 6.92 Å². The van der Waals surface area contributed by atoms with Crippen LogP contribution in [0.25, 0.3) is 6.08 Å². The number of nitrogens with zero attached hydrogens (tertiary/aromatic N) is 1. The molecule has 0 aromatic carbocycles. The zero-order valence-corrected chi connectivity index (χ0v) is 11.5. The van der Waals surface area contributed by atoms with Gasteiger partial charge in [0.2, 0.25) is 5.91 Å². The average Bonchev–Trinajstić information content (AvgIpc) is 2.82. The molecule has 1 aromatic heterocycles. The first-order valence-electron chi connectivity index (χ1n) is 6.76. The fraction of sp³-hybridized carbons (Fsp3) is 0.533. The number of piperidine rings is 1. The summed E-state index contributed by atoms with van der Waals surface area (Å²) in [7, 11) is 0. The molecule has 0 bridgehead atoms. The lowest BCUT2D eigenvalue weighted by Crippen LogP contribution is -2.45. The fourth-order valence-corrected chi connectivity index (χ4v) is 2.43. The molecule has 1 saturated heterocycles. The van der Waals surface area contributed by atoms with Gasteiger partial charge < -0.3 is 14.4 Å². The summed E-state index contributed by atoms with van der Waals surface area (Å²) >= 11 is 0. The average molecular weight is 263 g/mol. The minimum Gasteiger partial charge on any atom is -0.462 e. The number of aliphatic hydroxyl groups is 1. The van der Waals surface area contributed by atoms with Gasteiger partial charge in [-0.1, -0.05) is 0 Å². The number of furan rings is 1. The van der Waals surface area contributed by atoms with Crippen LogP contribution in [0.4, 0.5) is 0 Å². The first-order chi connectivity index (χ1) is 9.10. The van der Waals surface area contributed by atoms with Gasteiger partial charge in [0.15, 0.2) is 0 Å². The standard InChI is InChI=1S/C15H21NO3/c1-11-3-5-13(10-17)9-16(11)15(18)8-7-14-6-4-12(2)19-14/h4,6-8,11,13,17H,3,5,9-10H2,1-2H3/b8-7+. The number of rotatable bonds is 3. The molecule has 1 aliphatic heterocycles. The molecule has 2 heterocycles. The van der Waals surface area contributed by atoms with Crippen LogP contribution in [0.2, 0.25) is 0 Å². The summed E-state index contributed by atoms with van der Waals surface area (Å²) in [6.07, 6.45) is 5.19. The van der Waals surface area contributed by atoms with E-state index in [9.17, 15) is 9.90 Å². The summed E-state index contributed by atoms with van der Waals surface area (Å²) in [6, 6.07) is 3.95. The van der Waals surface area contributed by atoms with Crippen molar-refractivity contribution in [3.8, 4) is 0 Å². The van der Waals surface area contributed by atoms with E-state index in [1.165, 1.54) is 0 Å². The summed E-state index contributed by atoms with van der Waals surface area (Å²) in [6.45, 7) is 4.71. The number of amides is 1. The third-order valence-corrected chi connectivity index (χ3v) is 3.67. The van der Waals surface area contributed by atoms with Crippen LogP contribution in [-0.2, 0) is 4.79 Å². The van der Waals surface area contributed by atoms with E-state index >= 15 is 0 Å². The van der Waals surface area contributed by atoms with Gasteiger partial charge in [-0.3, -0.25) is 4.79 Å². The number of carbonyl (C=O) groups is 1. The van der Waals surface area contributed by atoms with E-state index in [0.717, 1.165) is 18.6 Å². The Kier molecular flexibility index (Phi) is 4.43. The molecule has 19 heavy (non-hydrogen) atoms. The Balaban J connectivity index is 2.00. The quantitative estimate of drug-likeness (QED) is 0.851. The van der Waals surface area contributed by atoms with E-state index in [4.69, 9.17) is 4.42 Å². The highest BCUT2D eigenvalue weighted by Crippen LogP contribution is 2.22. The normalized spacial score (nSPS) is 24.1. The summed E-state index contributed by atoms with van der Waals surface area (Å²) in [5, 5.41) is 9.22. The monoisotopic (exact) mass is 263 g/mol. The third kappa shape index (κ3) is 3.47. The Morgan fingerprint density at radius 3 is 2.95 bits per heavy atom. The molecule has 4 heteroatoms. The number of hydrogen-bond acceptors (Lipinski definition) is 3. The van der Waals surface area contributed by atoms with Crippen LogP contribution in [0.5, 0.6) is 0 Å². The predicted molar refractivity (Wildman–Crippen MR) is 73.5 cm³/mol. The van der Waals surface area contributed by atoms with Gasteiger partial charge in [-0.25, -0.2) is 0 Å².